The lowest BCUT2D eigenvalue weighted by Gasteiger charge is -2.15. The molecule has 0 aliphatic carbocycles. The summed E-state index contributed by atoms with van der Waals surface area (Å²) in [4.78, 5) is 11.8. The van der Waals surface area contributed by atoms with E-state index in [4.69, 9.17) is 4.74 Å². The topological polar surface area (TPSA) is 26.3 Å². The van der Waals surface area contributed by atoms with Crippen LogP contribution in [0.5, 0.6) is 0 Å². The fourth-order valence-electron chi connectivity index (χ4n) is 1.86. The van der Waals surface area contributed by atoms with Gasteiger partial charge in [-0.25, -0.2) is 0 Å². The number of thioether (sulfide) groups is 1. The second kappa shape index (κ2) is 14.2. The Balaban J connectivity index is 3.80. The predicted octanol–water partition coefficient (Wildman–Crippen LogP) is 4.76. The summed E-state index contributed by atoms with van der Waals surface area (Å²) in [6, 6.07) is 0. The molecule has 0 aromatic heterocycles. The van der Waals surface area contributed by atoms with Gasteiger partial charge >= 0.3 is 5.97 Å². The highest BCUT2D eigenvalue weighted by Crippen LogP contribution is 2.21. The first-order valence-electron chi connectivity index (χ1n) is 7.60. The van der Waals surface area contributed by atoms with Crippen molar-refractivity contribution < 1.29 is 13.9 Å². The molecule has 0 rings (SSSR count). The van der Waals surface area contributed by atoms with Crippen LogP contribution in [0, 0.1) is 0 Å². The van der Waals surface area contributed by atoms with Gasteiger partial charge in [0, 0.05) is 0 Å². The van der Waals surface area contributed by atoms with Crippen molar-refractivity contribution in [3.8, 4) is 0 Å². The molecule has 2 nitrogen and oxygen atoms in total. The smallest absolute Gasteiger partial charge is 0.319 e. The van der Waals surface area contributed by atoms with Gasteiger partial charge in [0.2, 0.25) is 0 Å². The van der Waals surface area contributed by atoms with Crippen molar-refractivity contribution in [2.24, 2.45) is 0 Å². The van der Waals surface area contributed by atoms with Crippen LogP contribution in [-0.4, -0.2) is 30.3 Å². The third-order valence-corrected chi connectivity index (χ3v) is 4.32. The van der Waals surface area contributed by atoms with E-state index < -0.39 is 0 Å². The molecule has 0 aromatic rings. The normalized spacial score (nSPS) is 12.4. The molecule has 1 unspecified atom stereocenters. The highest BCUT2D eigenvalue weighted by Gasteiger charge is 2.19. The third-order valence-electron chi connectivity index (χ3n) is 2.97. The van der Waals surface area contributed by atoms with Gasteiger partial charge in [-0.15, -0.1) is 11.8 Å². The first kappa shape index (κ1) is 18.8. The minimum atomic E-state index is -0.213. The molecule has 0 aromatic carbocycles. The van der Waals surface area contributed by atoms with E-state index in [2.05, 4.69) is 6.92 Å². The van der Waals surface area contributed by atoms with E-state index in [1.165, 1.54) is 12.8 Å². The number of rotatable bonds is 13. The summed E-state index contributed by atoms with van der Waals surface area (Å²) in [5.41, 5.74) is 0. The molecule has 0 heterocycles. The molecular weight excluding hydrogens is 263 g/mol. The Labute approximate surface area is 121 Å². The second-order valence-corrected chi connectivity index (χ2v) is 6.02. The molecular formula is C15H29FO2S. The Morgan fingerprint density at radius 3 is 2.47 bits per heavy atom. The van der Waals surface area contributed by atoms with Gasteiger partial charge < -0.3 is 4.74 Å². The van der Waals surface area contributed by atoms with Crippen molar-refractivity contribution in [1.82, 2.24) is 0 Å². The van der Waals surface area contributed by atoms with E-state index in [0.717, 1.165) is 37.9 Å². The minimum Gasteiger partial charge on any atom is -0.465 e. The van der Waals surface area contributed by atoms with E-state index >= 15 is 0 Å². The summed E-state index contributed by atoms with van der Waals surface area (Å²) < 4.78 is 17.0. The molecule has 0 radical (unpaired) electrons. The number of carbonyl (C=O) groups excluding carboxylic acids is 1. The quantitative estimate of drug-likeness (QED) is 0.361. The van der Waals surface area contributed by atoms with E-state index in [1.54, 1.807) is 11.8 Å². The molecule has 0 spiro atoms. The number of alkyl halides is 1. The molecule has 19 heavy (non-hydrogen) atoms. The highest BCUT2D eigenvalue weighted by atomic mass is 32.2. The lowest BCUT2D eigenvalue weighted by molar-refractivity contribution is -0.142. The van der Waals surface area contributed by atoms with Gasteiger partial charge in [-0.1, -0.05) is 39.0 Å². The standard InChI is InChI=1S/C15H29FO2S/c1-3-5-8-11-14(15(17)18-4-2)19-13-10-7-6-9-12-16/h14H,3-13H2,1-2H3. The van der Waals surface area contributed by atoms with Crippen molar-refractivity contribution in [2.45, 2.75) is 70.5 Å². The van der Waals surface area contributed by atoms with E-state index in [9.17, 15) is 9.18 Å². The van der Waals surface area contributed by atoms with Crippen molar-refractivity contribution in [1.29, 1.82) is 0 Å². The number of halogens is 1. The Hall–Kier alpha value is -0.250. The molecule has 0 aliphatic rings. The Morgan fingerprint density at radius 1 is 1.11 bits per heavy atom. The molecule has 0 fully saturated rings. The molecule has 1 atom stereocenters. The van der Waals surface area contributed by atoms with E-state index in [-0.39, 0.29) is 17.9 Å². The second-order valence-electron chi connectivity index (χ2n) is 4.71. The summed E-state index contributed by atoms with van der Waals surface area (Å²) >= 11 is 1.71. The lowest BCUT2D eigenvalue weighted by atomic mass is 10.1. The van der Waals surface area contributed by atoms with Gasteiger partial charge in [0.15, 0.2) is 0 Å². The van der Waals surface area contributed by atoms with Crippen LogP contribution in [0.3, 0.4) is 0 Å². The van der Waals surface area contributed by atoms with Crippen LogP contribution >= 0.6 is 11.8 Å². The fourth-order valence-corrected chi connectivity index (χ4v) is 3.05. The molecule has 4 heteroatoms. The van der Waals surface area contributed by atoms with Crippen molar-refractivity contribution in [3.05, 3.63) is 0 Å². The highest BCUT2D eigenvalue weighted by molar-refractivity contribution is 8.00. The maximum absolute atomic E-state index is 11.9. The Bertz CT molecular complexity index is 212. The van der Waals surface area contributed by atoms with Crippen LogP contribution in [0.1, 0.15) is 65.2 Å². The fraction of sp³-hybridized carbons (Fsp3) is 0.933. The zero-order valence-corrected chi connectivity index (χ0v) is 13.3. The number of ether oxygens (including phenoxy) is 1. The average Bonchev–Trinajstić information content (AvgIpc) is 2.41. The third kappa shape index (κ3) is 11.3. The summed E-state index contributed by atoms with van der Waals surface area (Å²) in [5.74, 6) is 0.911. The van der Waals surface area contributed by atoms with Crippen LogP contribution in [-0.2, 0) is 9.53 Å². The van der Waals surface area contributed by atoms with Gasteiger partial charge in [-0.3, -0.25) is 9.18 Å². The number of esters is 1. The van der Waals surface area contributed by atoms with Gasteiger partial charge in [0.1, 0.15) is 5.25 Å². The van der Waals surface area contributed by atoms with E-state index in [0.29, 0.717) is 13.0 Å². The Morgan fingerprint density at radius 2 is 1.84 bits per heavy atom. The lowest BCUT2D eigenvalue weighted by Crippen LogP contribution is -2.20. The summed E-state index contributed by atoms with van der Waals surface area (Å²) in [7, 11) is 0. The van der Waals surface area contributed by atoms with Crippen LogP contribution in [0.4, 0.5) is 4.39 Å². The molecule has 0 bridgehead atoms. The molecule has 0 N–H and O–H groups in total. The Kier molecular flexibility index (Phi) is 14.0. The average molecular weight is 292 g/mol. The summed E-state index contributed by atoms with van der Waals surface area (Å²) in [5, 5.41) is -0.00678. The maximum atomic E-state index is 11.9. The molecule has 0 amide bonds. The van der Waals surface area contributed by atoms with Gasteiger partial charge in [-0.05, 0) is 31.9 Å². The van der Waals surface area contributed by atoms with Crippen LogP contribution in [0.15, 0.2) is 0 Å². The number of carbonyl (C=O) groups is 1. The molecule has 0 saturated heterocycles. The van der Waals surface area contributed by atoms with Crippen molar-refractivity contribution in [3.63, 3.8) is 0 Å². The summed E-state index contributed by atoms with van der Waals surface area (Å²) in [6.07, 6.45) is 8.10. The van der Waals surface area contributed by atoms with Crippen molar-refractivity contribution in [2.75, 3.05) is 19.0 Å². The first-order chi connectivity index (χ1) is 9.26. The maximum Gasteiger partial charge on any atom is 0.319 e. The molecule has 114 valence electrons. The monoisotopic (exact) mass is 292 g/mol. The van der Waals surface area contributed by atoms with Crippen LogP contribution in [0.2, 0.25) is 0 Å². The molecule has 0 aliphatic heterocycles. The van der Waals surface area contributed by atoms with Gasteiger partial charge in [0.25, 0.3) is 0 Å². The first-order valence-corrected chi connectivity index (χ1v) is 8.65. The largest absolute Gasteiger partial charge is 0.465 e. The zero-order chi connectivity index (χ0) is 14.3. The van der Waals surface area contributed by atoms with Crippen LogP contribution in [0.25, 0.3) is 0 Å². The number of unbranched alkanes of at least 4 members (excludes halogenated alkanes) is 5. The van der Waals surface area contributed by atoms with Gasteiger partial charge in [-0.2, -0.15) is 0 Å². The summed E-state index contributed by atoms with van der Waals surface area (Å²) in [6.45, 7) is 4.26. The van der Waals surface area contributed by atoms with Gasteiger partial charge in [0.05, 0.1) is 13.3 Å². The predicted molar refractivity (Wildman–Crippen MR) is 81.5 cm³/mol. The van der Waals surface area contributed by atoms with E-state index in [1.807, 2.05) is 6.92 Å². The minimum absolute atomic E-state index is 0.00678. The van der Waals surface area contributed by atoms with Crippen LogP contribution < -0.4 is 0 Å². The number of hydrogen-bond donors (Lipinski definition) is 0. The van der Waals surface area contributed by atoms with Crippen molar-refractivity contribution >= 4 is 17.7 Å². The number of hydrogen-bond acceptors (Lipinski definition) is 3. The SMILES string of the molecule is CCCCCC(SCCCCCCF)C(=O)OCC. The zero-order valence-electron chi connectivity index (χ0n) is 12.5. The molecule has 0 saturated carbocycles.